The molecule has 2 saturated carbocycles. The second-order valence-corrected chi connectivity index (χ2v) is 6.58. The average molecular weight is 266 g/mol. The maximum atomic E-state index is 11.4. The fraction of sp³-hybridized carbons (Fsp3) is 0.929. The van der Waals surface area contributed by atoms with E-state index >= 15 is 0 Å². The van der Waals surface area contributed by atoms with Crippen LogP contribution in [0.4, 0.5) is 0 Å². The number of primary amides is 1. The zero-order chi connectivity index (χ0) is 13.1. The predicted octanol–water partition coefficient (Wildman–Crippen LogP) is 0.526. The molecule has 2 aliphatic heterocycles. The van der Waals surface area contributed by atoms with Crippen molar-refractivity contribution in [3.8, 4) is 0 Å². The maximum Gasteiger partial charge on any atom is 0.234 e. The first-order valence-corrected chi connectivity index (χ1v) is 7.51. The average Bonchev–Trinajstić information content (AvgIpc) is 2.76. The van der Waals surface area contributed by atoms with Gasteiger partial charge in [0.1, 0.15) is 0 Å². The van der Waals surface area contributed by atoms with E-state index in [1.165, 1.54) is 12.8 Å². The van der Waals surface area contributed by atoms with Crippen molar-refractivity contribution < 1.29 is 14.3 Å². The van der Waals surface area contributed by atoms with Crippen molar-refractivity contribution in [1.29, 1.82) is 0 Å². The zero-order valence-electron chi connectivity index (χ0n) is 11.2. The number of hydrogen-bond acceptors (Lipinski definition) is 4. The molecule has 2 saturated heterocycles. The number of ether oxygens (including phenoxy) is 2. The van der Waals surface area contributed by atoms with Crippen LogP contribution in [-0.2, 0) is 14.3 Å². The first-order valence-electron chi connectivity index (χ1n) is 7.51. The summed E-state index contributed by atoms with van der Waals surface area (Å²) in [5.41, 5.74) is 5.51. The highest BCUT2D eigenvalue weighted by Crippen LogP contribution is 2.62. The first-order chi connectivity index (χ1) is 9.16. The summed E-state index contributed by atoms with van der Waals surface area (Å²) in [5, 5.41) is 3.53. The minimum atomic E-state index is -0.382. The number of rotatable bonds is 2. The Balaban J connectivity index is 1.59. The smallest absolute Gasteiger partial charge is 0.234 e. The minimum Gasteiger partial charge on any atom is -0.368 e. The van der Waals surface area contributed by atoms with Crippen LogP contribution in [-0.4, -0.2) is 36.5 Å². The monoisotopic (exact) mass is 266 g/mol. The van der Waals surface area contributed by atoms with Crippen molar-refractivity contribution >= 4 is 5.91 Å². The van der Waals surface area contributed by atoms with Gasteiger partial charge < -0.3 is 15.2 Å². The van der Waals surface area contributed by atoms with Gasteiger partial charge in [0.2, 0.25) is 5.91 Å². The number of nitrogens with one attached hydrogen (secondary N) is 1. The fourth-order valence-corrected chi connectivity index (χ4v) is 4.78. The lowest BCUT2D eigenvalue weighted by Crippen LogP contribution is -2.55. The number of fused-ring (bicyclic) bond motifs is 1. The van der Waals surface area contributed by atoms with Crippen LogP contribution in [0, 0.1) is 11.8 Å². The maximum absolute atomic E-state index is 11.4. The van der Waals surface area contributed by atoms with Gasteiger partial charge in [-0.2, -0.15) is 0 Å². The summed E-state index contributed by atoms with van der Waals surface area (Å²) in [7, 11) is 0. The van der Waals surface area contributed by atoms with Crippen LogP contribution < -0.4 is 11.1 Å². The van der Waals surface area contributed by atoms with Crippen LogP contribution in [0.3, 0.4) is 0 Å². The standard InChI is InChI=1S/C14H22N2O3/c15-12(17)10-7-9-8-13(9,16-10)11-3-1-2-4-14(11)18-5-6-19-14/h9-11,16H,1-8H2,(H2,15,17)/t9?,10?,11-,13?/m1/s1. The third kappa shape index (κ3) is 1.61. The fourth-order valence-electron chi connectivity index (χ4n) is 4.78. The largest absolute Gasteiger partial charge is 0.368 e. The van der Waals surface area contributed by atoms with Gasteiger partial charge in [0.05, 0.1) is 19.3 Å². The van der Waals surface area contributed by atoms with Gasteiger partial charge in [-0.25, -0.2) is 0 Å². The quantitative estimate of drug-likeness (QED) is 0.764. The Hall–Kier alpha value is -0.650. The van der Waals surface area contributed by atoms with E-state index in [9.17, 15) is 4.79 Å². The normalized spacial score (nSPS) is 47.3. The van der Waals surface area contributed by atoms with E-state index in [2.05, 4.69) is 5.32 Å². The van der Waals surface area contributed by atoms with Crippen molar-refractivity contribution in [2.45, 2.75) is 55.9 Å². The topological polar surface area (TPSA) is 73.6 Å². The molecule has 4 aliphatic rings. The summed E-state index contributed by atoms with van der Waals surface area (Å²) in [4.78, 5) is 11.4. The molecule has 3 N–H and O–H groups in total. The number of nitrogens with two attached hydrogens (primary N) is 1. The van der Waals surface area contributed by atoms with Gasteiger partial charge in [-0.15, -0.1) is 0 Å². The van der Waals surface area contributed by atoms with Crippen molar-refractivity contribution in [3.05, 3.63) is 0 Å². The molecule has 5 heteroatoms. The molecule has 0 aromatic carbocycles. The summed E-state index contributed by atoms with van der Waals surface area (Å²) in [6.45, 7) is 1.41. The molecule has 1 spiro atoms. The van der Waals surface area contributed by atoms with Gasteiger partial charge in [-0.1, -0.05) is 6.42 Å². The summed E-state index contributed by atoms with van der Waals surface area (Å²) in [6, 6.07) is -0.154. The van der Waals surface area contributed by atoms with Gasteiger partial charge in [0, 0.05) is 17.9 Å². The third-order valence-corrected chi connectivity index (χ3v) is 5.66. The molecular formula is C14H22N2O3. The number of carbonyl (C=O) groups is 1. The summed E-state index contributed by atoms with van der Waals surface area (Å²) >= 11 is 0. The summed E-state index contributed by atoms with van der Waals surface area (Å²) in [6.07, 6.45) is 6.58. The van der Waals surface area contributed by atoms with Gasteiger partial charge in [-0.05, 0) is 31.6 Å². The molecule has 4 fully saturated rings. The van der Waals surface area contributed by atoms with Crippen molar-refractivity contribution in [3.63, 3.8) is 0 Å². The highest BCUT2D eigenvalue weighted by Gasteiger charge is 2.70. The molecule has 19 heavy (non-hydrogen) atoms. The second kappa shape index (κ2) is 3.93. The summed E-state index contributed by atoms with van der Waals surface area (Å²) in [5.74, 6) is 0.361. The zero-order valence-corrected chi connectivity index (χ0v) is 11.2. The molecule has 2 heterocycles. The van der Waals surface area contributed by atoms with Gasteiger partial charge >= 0.3 is 0 Å². The second-order valence-electron chi connectivity index (χ2n) is 6.58. The molecule has 0 radical (unpaired) electrons. The van der Waals surface area contributed by atoms with Crippen LogP contribution in [0.2, 0.25) is 0 Å². The first kappa shape index (κ1) is 12.1. The molecule has 1 amide bonds. The minimum absolute atomic E-state index is 0.0600. The van der Waals surface area contributed by atoms with Crippen LogP contribution in [0.15, 0.2) is 0 Å². The highest BCUT2D eigenvalue weighted by atomic mass is 16.7. The van der Waals surface area contributed by atoms with Crippen LogP contribution in [0.5, 0.6) is 0 Å². The number of amides is 1. The molecule has 2 aliphatic carbocycles. The molecule has 3 unspecified atom stereocenters. The lowest BCUT2D eigenvalue weighted by Gasteiger charge is -2.44. The van der Waals surface area contributed by atoms with Gasteiger partial charge in [0.15, 0.2) is 5.79 Å². The third-order valence-electron chi connectivity index (χ3n) is 5.66. The Morgan fingerprint density at radius 2 is 2.05 bits per heavy atom. The molecule has 0 bridgehead atoms. The Bertz CT molecular complexity index is 407. The van der Waals surface area contributed by atoms with E-state index in [0.717, 1.165) is 25.7 Å². The van der Waals surface area contributed by atoms with Crippen molar-refractivity contribution in [2.75, 3.05) is 13.2 Å². The Morgan fingerprint density at radius 1 is 1.26 bits per heavy atom. The lowest BCUT2D eigenvalue weighted by molar-refractivity contribution is -0.222. The van der Waals surface area contributed by atoms with E-state index in [1.54, 1.807) is 0 Å². The summed E-state index contributed by atoms with van der Waals surface area (Å²) < 4.78 is 12.0. The number of hydrogen-bond donors (Lipinski definition) is 2. The Labute approximate surface area is 113 Å². The van der Waals surface area contributed by atoms with E-state index in [0.29, 0.717) is 25.0 Å². The molecular weight excluding hydrogens is 244 g/mol. The van der Waals surface area contributed by atoms with E-state index in [4.69, 9.17) is 15.2 Å². The molecule has 106 valence electrons. The number of piperidine rings is 1. The highest BCUT2D eigenvalue weighted by molar-refractivity contribution is 5.80. The van der Waals surface area contributed by atoms with Gasteiger partial charge in [-0.3, -0.25) is 10.1 Å². The van der Waals surface area contributed by atoms with E-state index < -0.39 is 0 Å². The lowest BCUT2D eigenvalue weighted by atomic mass is 9.76. The van der Waals surface area contributed by atoms with E-state index in [1.807, 2.05) is 0 Å². The molecule has 4 rings (SSSR count). The Kier molecular flexibility index (Phi) is 2.51. The van der Waals surface area contributed by atoms with Gasteiger partial charge in [0.25, 0.3) is 0 Å². The molecule has 0 aromatic rings. The SMILES string of the molecule is NC(=O)C1CC2CC2([C@H]2CCCCC23OCCO3)N1. The Morgan fingerprint density at radius 3 is 2.74 bits per heavy atom. The van der Waals surface area contributed by atoms with E-state index in [-0.39, 0.29) is 23.3 Å². The molecule has 4 atom stereocenters. The molecule has 5 nitrogen and oxygen atoms in total. The predicted molar refractivity (Wildman–Crippen MR) is 68.2 cm³/mol. The van der Waals surface area contributed by atoms with Crippen LogP contribution in [0.1, 0.15) is 38.5 Å². The molecule has 0 aromatic heterocycles. The van der Waals surface area contributed by atoms with Crippen LogP contribution >= 0.6 is 0 Å². The van der Waals surface area contributed by atoms with Crippen molar-refractivity contribution in [1.82, 2.24) is 5.32 Å². The number of carbonyl (C=O) groups excluding carboxylic acids is 1. The van der Waals surface area contributed by atoms with Crippen LogP contribution in [0.25, 0.3) is 0 Å². The van der Waals surface area contributed by atoms with Crippen molar-refractivity contribution in [2.24, 2.45) is 17.6 Å².